The largest absolute Gasteiger partial charge is 0.299 e. The minimum atomic E-state index is 0.00454. The molecule has 2 unspecified atom stereocenters. The Morgan fingerprint density at radius 3 is 2.56 bits per heavy atom. The van der Waals surface area contributed by atoms with Crippen LogP contribution in [0, 0.1) is 11.8 Å². The Hall–Kier alpha value is -0.820. The average Bonchev–Trinajstić information content (AvgIpc) is 2.19. The van der Waals surface area contributed by atoms with Gasteiger partial charge >= 0.3 is 0 Å². The minimum Gasteiger partial charge on any atom is -0.299 e. The van der Waals surface area contributed by atoms with Gasteiger partial charge in [0.2, 0.25) is 0 Å². The van der Waals surface area contributed by atoms with Crippen molar-refractivity contribution < 1.29 is 4.79 Å². The highest BCUT2D eigenvalue weighted by molar-refractivity contribution is 6.31. The lowest BCUT2D eigenvalue weighted by Crippen LogP contribution is -2.29. The normalized spacial score (nSPS) is 30.4. The van der Waals surface area contributed by atoms with Crippen LogP contribution in [0.3, 0.4) is 0 Å². The van der Waals surface area contributed by atoms with Crippen molar-refractivity contribution in [2.75, 3.05) is 0 Å². The van der Waals surface area contributed by atoms with Crippen LogP contribution in [0.2, 0.25) is 5.02 Å². The number of benzene rings is 1. The molecule has 0 amide bonds. The number of hydrogen-bond acceptors (Lipinski definition) is 1. The molecule has 0 bridgehead atoms. The molecule has 0 aliphatic heterocycles. The molecule has 0 saturated heterocycles. The van der Waals surface area contributed by atoms with E-state index in [4.69, 9.17) is 11.6 Å². The minimum absolute atomic E-state index is 0.00454. The maximum absolute atomic E-state index is 12.1. The van der Waals surface area contributed by atoms with Crippen molar-refractivity contribution in [2.45, 2.75) is 32.6 Å². The third kappa shape index (κ3) is 2.15. The summed E-state index contributed by atoms with van der Waals surface area (Å²) in [6.45, 7) is 4.30. The van der Waals surface area contributed by atoms with E-state index < -0.39 is 0 Å². The fraction of sp³-hybridized carbons (Fsp3) is 0.500. The molecule has 0 radical (unpaired) electrons. The van der Waals surface area contributed by atoms with Gasteiger partial charge in [-0.25, -0.2) is 0 Å². The second-order valence-electron chi connectivity index (χ2n) is 4.99. The predicted molar refractivity (Wildman–Crippen MR) is 66.8 cm³/mol. The topological polar surface area (TPSA) is 17.1 Å². The van der Waals surface area contributed by atoms with E-state index in [0.717, 1.165) is 17.0 Å². The summed E-state index contributed by atoms with van der Waals surface area (Å²) in [5, 5.41) is 0.724. The first-order valence-corrected chi connectivity index (χ1v) is 6.24. The quantitative estimate of drug-likeness (QED) is 0.719. The Morgan fingerprint density at radius 1 is 1.25 bits per heavy atom. The molecule has 2 rings (SSSR count). The van der Waals surface area contributed by atoms with Gasteiger partial charge in [0, 0.05) is 17.4 Å². The van der Waals surface area contributed by atoms with Crippen LogP contribution in [-0.2, 0) is 4.79 Å². The van der Waals surface area contributed by atoms with E-state index in [1.165, 1.54) is 0 Å². The highest BCUT2D eigenvalue weighted by Crippen LogP contribution is 2.39. The summed E-state index contributed by atoms with van der Waals surface area (Å²) in [4.78, 5) is 12.1. The molecule has 1 aliphatic rings. The van der Waals surface area contributed by atoms with Crippen LogP contribution in [0.1, 0.15) is 38.2 Å². The lowest BCUT2D eigenvalue weighted by molar-refractivity contribution is -0.124. The van der Waals surface area contributed by atoms with Crippen molar-refractivity contribution in [3.05, 3.63) is 34.9 Å². The molecule has 0 N–H and O–H groups in total. The van der Waals surface area contributed by atoms with E-state index in [0.29, 0.717) is 24.0 Å². The Balaban J connectivity index is 2.33. The van der Waals surface area contributed by atoms with Crippen molar-refractivity contribution in [3.63, 3.8) is 0 Å². The first kappa shape index (κ1) is 11.7. The zero-order chi connectivity index (χ0) is 11.7. The number of ketones is 1. The van der Waals surface area contributed by atoms with Crippen LogP contribution in [-0.4, -0.2) is 5.78 Å². The zero-order valence-electron chi connectivity index (χ0n) is 9.74. The summed E-state index contributed by atoms with van der Waals surface area (Å²) in [6.07, 6.45) is 1.81. The fourth-order valence-electron chi connectivity index (χ4n) is 2.85. The SMILES string of the molecule is CC1C[C@H](C)CC(=O)C1c1ccccc1Cl. The van der Waals surface area contributed by atoms with E-state index in [2.05, 4.69) is 13.8 Å². The monoisotopic (exact) mass is 236 g/mol. The van der Waals surface area contributed by atoms with Crippen molar-refractivity contribution in [3.8, 4) is 0 Å². The molecular weight excluding hydrogens is 220 g/mol. The van der Waals surface area contributed by atoms with Gasteiger partial charge in [0.15, 0.2) is 0 Å². The van der Waals surface area contributed by atoms with Crippen LogP contribution in [0.4, 0.5) is 0 Å². The molecule has 2 heteroatoms. The smallest absolute Gasteiger partial charge is 0.140 e. The second kappa shape index (κ2) is 4.58. The number of hydrogen-bond donors (Lipinski definition) is 0. The van der Waals surface area contributed by atoms with Crippen LogP contribution in [0.15, 0.2) is 24.3 Å². The molecule has 0 heterocycles. The third-order valence-corrected chi connectivity index (χ3v) is 3.82. The van der Waals surface area contributed by atoms with E-state index in [9.17, 15) is 4.79 Å². The lowest BCUT2D eigenvalue weighted by atomic mass is 9.72. The van der Waals surface area contributed by atoms with E-state index >= 15 is 0 Å². The summed E-state index contributed by atoms with van der Waals surface area (Å²) >= 11 is 6.17. The van der Waals surface area contributed by atoms with Crippen LogP contribution >= 0.6 is 11.6 Å². The van der Waals surface area contributed by atoms with Gasteiger partial charge in [0.1, 0.15) is 5.78 Å². The molecule has 1 fully saturated rings. The van der Waals surface area contributed by atoms with Gasteiger partial charge < -0.3 is 0 Å². The summed E-state index contributed by atoms with van der Waals surface area (Å²) in [7, 11) is 0. The number of rotatable bonds is 1. The first-order valence-electron chi connectivity index (χ1n) is 5.86. The Morgan fingerprint density at radius 2 is 1.94 bits per heavy atom. The molecule has 1 aromatic rings. The maximum Gasteiger partial charge on any atom is 0.140 e. The Labute approximate surface area is 102 Å². The van der Waals surface area contributed by atoms with Crippen molar-refractivity contribution in [2.24, 2.45) is 11.8 Å². The zero-order valence-corrected chi connectivity index (χ0v) is 10.5. The summed E-state index contributed by atoms with van der Waals surface area (Å²) in [5.41, 5.74) is 1.01. The van der Waals surface area contributed by atoms with Gasteiger partial charge in [-0.15, -0.1) is 0 Å². The molecule has 1 aliphatic carbocycles. The summed E-state index contributed by atoms with van der Waals surface area (Å²) < 4.78 is 0. The highest BCUT2D eigenvalue weighted by atomic mass is 35.5. The van der Waals surface area contributed by atoms with E-state index in [-0.39, 0.29) is 5.92 Å². The molecular formula is C14H17ClO. The van der Waals surface area contributed by atoms with Crippen LogP contribution in [0.5, 0.6) is 0 Å². The van der Waals surface area contributed by atoms with Gasteiger partial charge in [0.05, 0.1) is 0 Å². The first-order chi connectivity index (χ1) is 7.59. The van der Waals surface area contributed by atoms with Crippen LogP contribution < -0.4 is 0 Å². The number of carbonyl (C=O) groups is 1. The molecule has 1 nitrogen and oxygen atoms in total. The molecule has 86 valence electrons. The Bertz CT molecular complexity index is 399. The Kier molecular flexibility index (Phi) is 3.34. The second-order valence-corrected chi connectivity index (χ2v) is 5.39. The van der Waals surface area contributed by atoms with Crippen molar-refractivity contribution in [1.82, 2.24) is 0 Å². The average molecular weight is 237 g/mol. The standard InChI is InChI=1S/C14H17ClO/c1-9-7-10(2)14(13(16)8-9)11-5-3-4-6-12(11)15/h3-6,9-10,14H,7-8H2,1-2H3/t9-,10?,14?/m0/s1. The van der Waals surface area contributed by atoms with Gasteiger partial charge in [0.25, 0.3) is 0 Å². The van der Waals surface area contributed by atoms with Gasteiger partial charge in [-0.2, -0.15) is 0 Å². The molecule has 0 aromatic heterocycles. The fourth-order valence-corrected chi connectivity index (χ4v) is 3.10. The number of carbonyl (C=O) groups excluding carboxylic acids is 1. The van der Waals surface area contributed by atoms with E-state index in [1.54, 1.807) is 0 Å². The van der Waals surface area contributed by atoms with Gasteiger partial charge in [-0.1, -0.05) is 43.6 Å². The lowest BCUT2D eigenvalue weighted by Gasteiger charge is -2.32. The maximum atomic E-state index is 12.1. The molecule has 0 spiro atoms. The van der Waals surface area contributed by atoms with Crippen molar-refractivity contribution in [1.29, 1.82) is 0 Å². The van der Waals surface area contributed by atoms with E-state index in [1.807, 2.05) is 24.3 Å². The highest BCUT2D eigenvalue weighted by Gasteiger charge is 2.34. The molecule has 3 atom stereocenters. The third-order valence-electron chi connectivity index (χ3n) is 3.48. The van der Waals surface area contributed by atoms with Crippen LogP contribution in [0.25, 0.3) is 0 Å². The number of halogens is 1. The molecule has 16 heavy (non-hydrogen) atoms. The number of Topliss-reactive ketones (excluding diaryl/α,β-unsaturated/α-hetero) is 1. The summed E-state index contributed by atoms with van der Waals surface area (Å²) in [5.74, 6) is 1.27. The summed E-state index contributed by atoms with van der Waals surface area (Å²) in [6, 6.07) is 7.72. The van der Waals surface area contributed by atoms with Crippen molar-refractivity contribution >= 4 is 17.4 Å². The van der Waals surface area contributed by atoms with Gasteiger partial charge in [-0.3, -0.25) is 4.79 Å². The molecule has 1 saturated carbocycles. The van der Waals surface area contributed by atoms with Gasteiger partial charge in [-0.05, 0) is 29.9 Å². The molecule has 1 aromatic carbocycles. The predicted octanol–water partition coefficient (Wildman–Crippen LogP) is 4.06.